The van der Waals surface area contributed by atoms with Crippen LogP contribution in [0.25, 0.3) is 0 Å². The van der Waals surface area contributed by atoms with Gasteiger partial charge >= 0.3 is 5.97 Å². The highest BCUT2D eigenvalue weighted by Crippen LogP contribution is 2.04. The molecular weight excluding hydrogens is 370 g/mol. The lowest BCUT2D eigenvalue weighted by molar-refractivity contribution is -0.143. The van der Waals surface area contributed by atoms with Gasteiger partial charge in [-0.15, -0.1) is 0 Å². The first-order valence-corrected chi connectivity index (χ1v) is 8.79. The number of hydrogen-bond acceptors (Lipinski definition) is 7. The Morgan fingerprint density at radius 2 is 1.82 bits per heavy atom. The van der Waals surface area contributed by atoms with Crippen molar-refractivity contribution in [2.75, 3.05) is 6.54 Å². The molecule has 3 amide bonds. The van der Waals surface area contributed by atoms with Crippen LogP contribution in [0.3, 0.4) is 0 Å². The highest BCUT2D eigenvalue weighted by atomic mass is 16.4. The second kappa shape index (κ2) is 11.7. The number of primary amides is 1. The molecule has 0 saturated carbocycles. The maximum absolute atomic E-state index is 12.6. The number of rotatable bonds is 13. The standard InChI is InChI=1S/C16H27N7O5/c17-4-2-1-3-10(18)14(25)22-11(5-9-7-20-8-21-9)15(26)23-12(16(27)28)6-13(19)24/h7-8,10-12H,1-6,17-18H2,(H2,19,24)(H,20,21)(H,22,25)(H,23,26)(H,27,28)/t10-,11-,12-/m0/s1. The third-order valence-corrected chi connectivity index (χ3v) is 3.94. The van der Waals surface area contributed by atoms with E-state index in [0.717, 1.165) is 0 Å². The van der Waals surface area contributed by atoms with Crippen LogP contribution in [-0.2, 0) is 25.6 Å². The summed E-state index contributed by atoms with van der Waals surface area (Å²) < 4.78 is 0. The smallest absolute Gasteiger partial charge is 0.326 e. The number of nitrogens with two attached hydrogens (primary N) is 3. The Bertz CT molecular complexity index is 664. The summed E-state index contributed by atoms with van der Waals surface area (Å²) in [6.07, 6.45) is 4.07. The number of nitrogens with one attached hydrogen (secondary N) is 3. The monoisotopic (exact) mass is 397 g/mol. The molecule has 0 aliphatic rings. The Kier molecular flexibility index (Phi) is 9.60. The van der Waals surface area contributed by atoms with Gasteiger partial charge in [0.25, 0.3) is 0 Å². The molecule has 1 aromatic heterocycles. The number of hydrogen-bond donors (Lipinski definition) is 7. The van der Waals surface area contributed by atoms with Crippen LogP contribution in [0.5, 0.6) is 0 Å². The summed E-state index contributed by atoms with van der Waals surface area (Å²) in [7, 11) is 0. The molecule has 0 spiro atoms. The van der Waals surface area contributed by atoms with E-state index in [1.54, 1.807) is 0 Å². The van der Waals surface area contributed by atoms with Crippen molar-refractivity contribution < 1.29 is 24.3 Å². The van der Waals surface area contributed by atoms with Gasteiger partial charge in [-0.25, -0.2) is 9.78 Å². The summed E-state index contributed by atoms with van der Waals surface area (Å²) in [6.45, 7) is 0.482. The number of nitrogens with zero attached hydrogens (tertiary/aromatic N) is 1. The first-order chi connectivity index (χ1) is 13.2. The molecule has 0 aromatic carbocycles. The molecule has 1 aromatic rings. The van der Waals surface area contributed by atoms with Gasteiger partial charge < -0.3 is 37.9 Å². The number of H-pyrrole nitrogens is 1. The number of unbranched alkanes of at least 4 members (excludes halogenated alkanes) is 1. The van der Waals surface area contributed by atoms with Crippen LogP contribution in [0.1, 0.15) is 31.4 Å². The summed E-state index contributed by atoms with van der Waals surface area (Å²) >= 11 is 0. The molecule has 1 rings (SSSR count). The normalized spacial score (nSPS) is 13.9. The number of carboxylic acids is 1. The lowest BCUT2D eigenvalue weighted by atomic mass is 10.1. The van der Waals surface area contributed by atoms with Crippen molar-refractivity contribution in [2.45, 2.75) is 50.2 Å². The number of carbonyl (C=O) groups is 4. The lowest BCUT2D eigenvalue weighted by Gasteiger charge is -2.22. The number of aliphatic carboxylic acids is 1. The average molecular weight is 397 g/mol. The van der Waals surface area contributed by atoms with Gasteiger partial charge in [-0.3, -0.25) is 14.4 Å². The van der Waals surface area contributed by atoms with Crippen molar-refractivity contribution in [3.8, 4) is 0 Å². The Morgan fingerprint density at radius 1 is 1.14 bits per heavy atom. The fourth-order valence-electron chi connectivity index (χ4n) is 2.42. The van der Waals surface area contributed by atoms with Crippen LogP contribution in [-0.4, -0.2) is 63.4 Å². The fourth-order valence-corrected chi connectivity index (χ4v) is 2.42. The molecule has 3 atom stereocenters. The van der Waals surface area contributed by atoms with Crippen molar-refractivity contribution >= 4 is 23.7 Å². The molecule has 0 bridgehead atoms. The zero-order chi connectivity index (χ0) is 21.1. The van der Waals surface area contributed by atoms with Gasteiger partial charge in [0.1, 0.15) is 12.1 Å². The summed E-state index contributed by atoms with van der Waals surface area (Å²) in [6, 6.07) is -3.47. The van der Waals surface area contributed by atoms with Crippen LogP contribution in [0.4, 0.5) is 0 Å². The summed E-state index contributed by atoms with van der Waals surface area (Å²) in [5.74, 6) is -3.65. The Hall–Kier alpha value is -2.99. The second-order valence-corrected chi connectivity index (χ2v) is 6.30. The molecule has 12 heteroatoms. The van der Waals surface area contributed by atoms with Gasteiger partial charge in [0, 0.05) is 18.3 Å². The minimum atomic E-state index is -1.51. The van der Waals surface area contributed by atoms with E-state index in [4.69, 9.17) is 22.3 Å². The molecule has 10 N–H and O–H groups in total. The molecule has 0 aliphatic heterocycles. The largest absolute Gasteiger partial charge is 0.480 e. The minimum Gasteiger partial charge on any atom is -0.480 e. The Balaban J connectivity index is 2.82. The van der Waals surface area contributed by atoms with E-state index in [0.29, 0.717) is 31.5 Å². The second-order valence-electron chi connectivity index (χ2n) is 6.30. The number of amides is 3. The van der Waals surface area contributed by atoms with Crippen LogP contribution >= 0.6 is 0 Å². The molecule has 0 unspecified atom stereocenters. The molecule has 1 heterocycles. The van der Waals surface area contributed by atoms with Gasteiger partial charge in [-0.05, 0) is 19.4 Å². The number of imidazole rings is 1. The maximum Gasteiger partial charge on any atom is 0.326 e. The highest BCUT2D eigenvalue weighted by molar-refractivity contribution is 5.93. The molecule has 0 saturated heterocycles. The summed E-state index contributed by atoms with van der Waals surface area (Å²) in [4.78, 5) is 53.7. The quantitative estimate of drug-likeness (QED) is 0.174. The van der Waals surface area contributed by atoms with Gasteiger partial charge in [-0.1, -0.05) is 6.42 Å². The van der Waals surface area contributed by atoms with E-state index < -0.39 is 48.2 Å². The summed E-state index contributed by atoms with van der Waals surface area (Å²) in [5, 5.41) is 13.9. The molecular formula is C16H27N7O5. The molecule has 156 valence electrons. The molecule has 0 fully saturated rings. The van der Waals surface area contributed by atoms with Crippen molar-refractivity contribution in [3.05, 3.63) is 18.2 Å². The Morgan fingerprint density at radius 3 is 2.36 bits per heavy atom. The predicted molar refractivity (Wildman–Crippen MR) is 98.5 cm³/mol. The van der Waals surface area contributed by atoms with E-state index in [2.05, 4.69) is 20.6 Å². The number of carboxylic acid groups (broad SMARTS) is 1. The van der Waals surface area contributed by atoms with Gasteiger partial charge in [0.2, 0.25) is 17.7 Å². The van der Waals surface area contributed by atoms with Crippen LogP contribution in [0.2, 0.25) is 0 Å². The average Bonchev–Trinajstić information content (AvgIpc) is 3.13. The van der Waals surface area contributed by atoms with Gasteiger partial charge in [0.15, 0.2) is 0 Å². The highest BCUT2D eigenvalue weighted by Gasteiger charge is 2.29. The molecule has 28 heavy (non-hydrogen) atoms. The SMILES string of the molecule is NCCCC[C@H](N)C(=O)N[C@@H](Cc1cnc[nH]1)C(=O)N[C@@H](CC(N)=O)C(=O)O. The van der Waals surface area contributed by atoms with E-state index in [9.17, 15) is 19.2 Å². The van der Waals surface area contributed by atoms with E-state index in [1.165, 1.54) is 12.5 Å². The van der Waals surface area contributed by atoms with Crippen molar-refractivity contribution in [3.63, 3.8) is 0 Å². The van der Waals surface area contributed by atoms with E-state index >= 15 is 0 Å². The fraction of sp³-hybridized carbons (Fsp3) is 0.562. The van der Waals surface area contributed by atoms with Crippen molar-refractivity contribution in [2.24, 2.45) is 17.2 Å². The van der Waals surface area contributed by atoms with Crippen molar-refractivity contribution in [1.29, 1.82) is 0 Å². The van der Waals surface area contributed by atoms with Crippen LogP contribution < -0.4 is 27.8 Å². The first kappa shape index (κ1) is 23.0. The molecule has 0 aliphatic carbocycles. The van der Waals surface area contributed by atoms with Gasteiger partial charge in [-0.2, -0.15) is 0 Å². The number of aromatic amines is 1. The van der Waals surface area contributed by atoms with Crippen LogP contribution in [0.15, 0.2) is 12.5 Å². The third kappa shape index (κ3) is 8.14. The topological polar surface area (TPSA) is 219 Å². The number of aromatic nitrogens is 2. The van der Waals surface area contributed by atoms with Crippen molar-refractivity contribution in [1.82, 2.24) is 20.6 Å². The molecule has 12 nitrogen and oxygen atoms in total. The number of carbonyl (C=O) groups excluding carboxylic acids is 3. The zero-order valence-electron chi connectivity index (χ0n) is 15.4. The lowest BCUT2D eigenvalue weighted by Crippen LogP contribution is -2.55. The summed E-state index contributed by atoms with van der Waals surface area (Å²) in [5.41, 5.74) is 16.8. The van der Waals surface area contributed by atoms with E-state index in [-0.39, 0.29) is 6.42 Å². The predicted octanol–water partition coefficient (Wildman–Crippen LogP) is -2.66. The van der Waals surface area contributed by atoms with Gasteiger partial charge in [0.05, 0.1) is 18.8 Å². The Labute approximate surface area is 161 Å². The third-order valence-electron chi connectivity index (χ3n) is 3.94. The van der Waals surface area contributed by atoms with Crippen LogP contribution in [0, 0.1) is 0 Å². The molecule has 0 radical (unpaired) electrons. The zero-order valence-corrected chi connectivity index (χ0v) is 15.4. The minimum absolute atomic E-state index is 0.0238. The maximum atomic E-state index is 12.6. The first-order valence-electron chi connectivity index (χ1n) is 8.79. The van der Waals surface area contributed by atoms with E-state index in [1.807, 2.05) is 0 Å².